The van der Waals surface area contributed by atoms with E-state index in [-0.39, 0.29) is 11.9 Å². The minimum atomic E-state index is -0.331. The number of rotatable bonds is 6. The van der Waals surface area contributed by atoms with Crippen LogP contribution in [0.15, 0.2) is 42.5 Å². The molecule has 5 heteroatoms. The molecule has 1 aliphatic heterocycles. The number of phenolic OH excluding ortho intramolecular Hbond substituents is 1. The van der Waals surface area contributed by atoms with Crippen molar-refractivity contribution in [3.63, 3.8) is 0 Å². The van der Waals surface area contributed by atoms with Gasteiger partial charge in [-0.05, 0) is 60.4 Å². The van der Waals surface area contributed by atoms with Gasteiger partial charge in [0.05, 0.1) is 13.2 Å². The van der Waals surface area contributed by atoms with Gasteiger partial charge in [0.1, 0.15) is 11.5 Å². The second-order valence-electron chi connectivity index (χ2n) is 8.24. The van der Waals surface area contributed by atoms with Crippen LogP contribution in [0.4, 0.5) is 4.39 Å². The van der Waals surface area contributed by atoms with E-state index in [9.17, 15) is 9.50 Å². The van der Waals surface area contributed by atoms with Crippen molar-refractivity contribution in [2.24, 2.45) is 11.8 Å². The van der Waals surface area contributed by atoms with Crippen LogP contribution in [0, 0.1) is 17.7 Å². The van der Waals surface area contributed by atoms with Gasteiger partial charge < -0.3 is 19.5 Å². The van der Waals surface area contributed by atoms with Crippen molar-refractivity contribution in [3.8, 4) is 17.2 Å². The summed E-state index contributed by atoms with van der Waals surface area (Å²) >= 11 is 0. The number of likely N-dealkylation sites (tertiary alicyclic amines) is 1. The van der Waals surface area contributed by atoms with Crippen LogP contribution >= 0.6 is 0 Å². The molecule has 4 rings (SSSR count). The van der Waals surface area contributed by atoms with Crippen molar-refractivity contribution in [1.82, 2.24) is 4.90 Å². The molecule has 4 nitrogen and oxygen atoms in total. The van der Waals surface area contributed by atoms with Crippen LogP contribution in [0.1, 0.15) is 31.2 Å². The molecule has 28 heavy (non-hydrogen) atoms. The van der Waals surface area contributed by atoms with E-state index in [0.29, 0.717) is 35.0 Å². The number of fused-ring (bicyclic) bond motifs is 1. The van der Waals surface area contributed by atoms with Crippen molar-refractivity contribution in [3.05, 3.63) is 53.8 Å². The average Bonchev–Trinajstić information content (AvgIpc) is 3.21. The van der Waals surface area contributed by atoms with Crippen molar-refractivity contribution in [2.75, 3.05) is 26.7 Å². The summed E-state index contributed by atoms with van der Waals surface area (Å²) in [5.74, 6) is 2.55. The Morgan fingerprint density at radius 2 is 1.79 bits per heavy atom. The smallest absolute Gasteiger partial charge is 0.165 e. The zero-order valence-electron chi connectivity index (χ0n) is 16.5. The fraction of sp³-hybridized carbons (Fsp3) is 0.478. The molecule has 1 saturated carbocycles. The average molecular weight is 385 g/mol. The number of phenols is 1. The summed E-state index contributed by atoms with van der Waals surface area (Å²) in [6, 6.07) is 12.2. The molecular formula is C23H28FNO3. The summed E-state index contributed by atoms with van der Waals surface area (Å²) < 4.78 is 25.2. The number of halogens is 1. The summed E-state index contributed by atoms with van der Waals surface area (Å²) in [5, 5.41) is 9.46. The van der Waals surface area contributed by atoms with Crippen molar-refractivity contribution < 1.29 is 19.0 Å². The minimum Gasteiger partial charge on any atom is -0.508 e. The summed E-state index contributed by atoms with van der Waals surface area (Å²) in [7, 11) is 1.57. The molecule has 0 amide bonds. The molecule has 0 radical (unpaired) electrons. The number of nitrogens with zero attached hydrogens (tertiary/aromatic N) is 1. The Labute approximate surface area is 165 Å². The molecule has 2 aliphatic rings. The van der Waals surface area contributed by atoms with Crippen LogP contribution in [-0.2, 0) is 0 Å². The second kappa shape index (κ2) is 8.00. The van der Waals surface area contributed by atoms with Gasteiger partial charge in [0.15, 0.2) is 11.6 Å². The van der Waals surface area contributed by atoms with Crippen LogP contribution in [0.2, 0.25) is 0 Å². The third-order valence-electron chi connectivity index (χ3n) is 6.21. The van der Waals surface area contributed by atoms with Gasteiger partial charge in [0.2, 0.25) is 0 Å². The second-order valence-corrected chi connectivity index (χ2v) is 8.24. The van der Waals surface area contributed by atoms with E-state index >= 15 is 0 Å². The van der Waals surface area contributed by atoms with Crippen molar-refractivity contribution in [1.29, 1.82) is 0 Å². The molecule has 150 valence electrons. The largest absolute Gasteiger partial charge is 0.508 e. The molecule has 1 aliphatic carbocycles. The van der Waals surface area contributed by atoms with Crippen LogP contribution in [-0.4, -0.2) is 42.9 Å². The maximum atomic E-state index is 14.0. The van der Waals surface area contributed by atoms with Crippen molar-refractivity contribution in [2.45, 2.75) is 31.8 Å². The fourth-order valence-electron chi connectivity index (χ4n) is 4.76. The molecule has 2 aromatic rings. The molecule has 1 heterocycles. The van der Waals surface area contributed by atoms with E-state index in [4.69, 9.17) is 9.47 Å². The highest BCUT2D eigenvalue weighted by Gasteiger charge is 2.42. The molecule has 2 aromatic carbocycles. The molecule has 2 unspecified atom stereocenters. The number of aromatic hydroxyl groups is 1. The molecule has 1 N–H and O–H groups in total. The number of methoxy groups -OCH3 is 1. The number of ether oxygens (including phenoxy) is 2. The molecule has 4 atom stereocenters. The van der Waals surface area contributed by atoms with Crippen LogP contribution in [0.3, 0.4) is 0 Å². The highest BCUT2D eigenvalue weighted by Crippen LogP contribution is 2.41. The molecule has 2 fully saturated rings. The minimum absolute atomic E-state index is 0.0771. The van der Waals surface area contributed by atoms with Gasteiger partial charge in [-0.3, -0.25) is 0 Å². The normalized spacial score (nSPS) is 25.5. The van der Waals surface area contributed by atoms with Crippen LogP contribution in [0.25, 0.3) is 0 Å². The van der Waals surface area contributed by atoms with Crippen LogP contribution in [0.5, 0.6) is 17.2 Å². The van der Waals surface area contributed by atoms with E-state index in [2.05, 4.69) is 11.8 Å². The van der Waals surface area contributed by atoms with E-state index in [0.717, 1.165) is 32.5 Å². The quantitative estimate of drug-likeness (QED) is 0.799. The number of hydrogen-bond donors (Lipinski definition) is 1. The molecule has 0 aromatic heterocycles. The highest BCUT2D eigenvalue weighted by molar-refractivity contribution is 5.34. The zero-order valence-corrected chi connectivity index (χ0v) is 16.5. The Morgan fingerprint density at radius 3 is 2.43 bits per heavy atom. The summed E-state index contributed by atoms with van der Waals surface area (Å²) in [4.78, 5) is 2.54. The maximum Gasteiger partial charge on any atom is 0.165 e. The Bertz CT molecular complexity index is 796. The Balaban J connectivity index is 1.30. The zero-order chi connectivity index (χ0) is 19.7. The third-order valence-corrected chi connectivity index (χ3v) is 6.21. The molecule has 1 saturated heterocycles. The third kappa shape index (κ3) is 4.09. The van der Waals surface area contributed by atoms with Gasteiger partial charge in [0, 0.05) is 25.7 Å². The Morgan fingerprint density at radius 1 is 1.11 bits per heavy atom. The predicted octanol–water partition coefficient (Wildman–Crippen LogP) is 4.43. The van der Waals surface area contributed by atoms with Gasteiger partial charge in [-0.1, -0.05) is 19.1 Å². The number of benzene rings is 2. The molecular weight excluding hydrogens is 357 g/mol. The van der Waals surface area contributed by atoms with Gasteiger partial charge >= 0.3 is 0 Å². The summed E-state index contributed by atoms with van der Waals surface area (Å²) in [6.07, 6.45) is 2.03. The van der Waals surface area contributed by atoms with E-state index in [1.165, 1.54) is 11.6 Å². The maximum absolute atomic E-state index is 14.0. The first-order chi connectivity index (χ1) is 13.5. The summed E-state index contributed by atoms with van der Waals surface area (Å²) in [5.41, 5.74) is 1.25. The monoisotopic (exact) mass is 385 g/mol. The first-order valence-electron chi connectivity index (χ1n) is 10.0. The molecule has 0 bridgehead atoms. The van der Waals surface area contributed by atoms with Crippen molar-refractivity contribution >= 4 is 0 Å². The first-order valence-corrected chi connectivity index (χ1v) is 10.0. The highest BCUT2D eigenvalue weighted by atomic mass is 19.1. The number of hydrogen-bond acceptors (Lipinski definition) is 4. The lowest BCUT2D eigenvalue weighted by atomic mass is 10.0. The van der Waals surface area contributed by atoms with Gasteiger partial charge in [-0.15, -0.1) is 0 Å². The standard InChI is InChI=1S/C23H28FNO3/c1-15(16-3-5-19(26)6-4-16)12-25-13-17-9-21(10-18(17)14-25)28-23-11-20(27-2)7-8-22(23)24/h3-8,11,15,17-18,21,26H,9-10,12-14H2,1-2H3/t15?,17-,18+,21?. The first kappa shape index (κ1) is 19.1. The Hall–Kier alpha value is -2.27. The van der Waals surface area contributed by atoms with E-state index in [1.54, 1.807) is 31.4 Å². The SMILES string of the molecule is COc1ccc(F)c(OC2C[C@@H]3CN(CC(C)c4ccc(O)cc4)C[C@@H]3C2)c1. The molecule has 0 spiro atoms. The lowest BCUT2D eigenvalue weighted by molar-refractivity contribution is 0.177. The van der Waals surface area contributed by atoms with Gasteiger partial charge in [0.25, 0.3) is 0 Å². The van der Waals surface area contributed by atoms with E-state index < -0.39 is 0 Å². The fourth-order valence-corrected chi connectivity index (χ4v) is 4.76. The Kier molecular flexibility index (Phi) is 5.44. The predicted molar refractivity (Wildman–Crippen MR) is 107 cm³/mol. The lowest BCUT2D eigenvalue weighted by Gasteiger charge is -2.23. The van der Waals surface area contributed by atoms with E-state index in [1.807, 2.05) is 12.1 Å². The van der Waals surface area contributed by atoms with Gasteiger partial charge in [-0.2, -0.15) is 0 Å². The topological polar surface area (TPSA) is 41.9 Å². The lowest BCUT2D eigenvalue weighted by Crippen LogP contribution is -2.28. The van der Waals surface area contributed by atoms with Gasteiger partial charge in [-0.25, -0.2) is 4.39 Å². The summed E-state index contributed by atoms with van der Waals surface area (Å²) in [6.45, 7) is 5.41. The van der Waals surface area contributed by atoms with Crippen LogP contribution < -0.4 is 9.47 Å².